The molecule has 0 unspecified atom stereocenters. The number of primary amides is 1. The van der Waals surface area contributed by atoms with E-state index in [1.54, 1.807) is 0 Å². The van der Waals surface area contributed by atoms with Crippen LogP contribution in [0.25, 0.3) is 33.1 Å². The van der Waals surface area contributed by atoms with Gasteiger partial charge in [-0.1, -0.05) is 36.4 Å². The lowest BCUT2D eigenvalue weighted by molar-refractivity contribution is -0.118. The minimum Gasteiger partial charge on any atom is -0.383 e. The maximum Gasteiger partial charge on any atom is 0.239 e. The molecule has 0 fully saturated rings. The molecule has 7 heteroatoms. The molecule has 24 heavy (non-hydrogen) atoms. The van der Waals surface area contributed by atoms with Crippen molar-refractivity contribution in [1.82, 2.24) is 19.7 Å². The van der Waals surface area contributed by atoms with Crippen LogP contribution >= 0.6 is 0 Å². The van der Waals surface area contributed by atoms with Gasteiger partial charge in [0.25, 0.3) is 0 Å². The molecule has 118 valence electrons. The second kappa shape index (κ2) is 5.31. The van der Waals surface area contributed by atoms with E-state index >= 15 is 0 Å². The van der Waals surface area contributed by atoms with Crippen LogP contribution in [-0.2, 0) is 11.3 Å². The van der Waals surface area contributed by atoms with Gasteiger partial charge in [0.15, 0.2) is 5.65 Å². The highest BCUT2D eigenvalue weighted by Gasteiger charge is 2.18. The zero-order valence-corrected chi connectivity index (χ0v) is 12.7. The maximum atomic E-state index is 11.3. The van der Waals surface area contributed by atoms with Crippen molar-refractivity contribution in [1.29, 1.82) is 0 Å². The molecule has 2 aromatic carbocycles. The predicted octanol–water partition coefficient (Wildman–Crippen LogP) is 1.71. The zero-order valence-electron chi connectivity index (χ0n) is 12.7. The van der Waals surface area contributed by atoms with Crippen LogP contribution in [0.3, 0.4) is 0 Å². The Labute approximate surface area is 136 Å². The van der Waals surface area contributed by atoms with Crippen LogP contribution in [-0.4, -0.2) is 25.7 Å². The number of carbonyl (C=O) groups is 1. The van der Waals surface area contributed by atoms with Crippen LogP contribution in [0.2, 0.25) is 0 Å². The summed E-state index contributed by atoms with van der Waals surface area (Å²) in [7, 11) is 0. The molecule has 2 heterocycles. The maximum absolute atomic E-state index is 11.3. The van der Waals surface area contributed by atoms with Gasteiger partial charge in [-0.25, -0.2) is 14.6 Å². The average Bonchev–Trinajstić information content (AvgIpc) is 2.94. The van der Waals surface area contributed by atoms with Crippen molar-refractivity contribution in [2.75, 3.05) is 5.73 Å². The van der Waals surface area contributed by atoms with Crippen LogP contribution in [0, 0.1) is 0 Å². The monoisotopic (exact) mass is 318 g/mol. The summed E-state index contributed by atoms with van der Waals surface area (Å²) >= 11 is 0. The van der Waals surface area contributed by atoms with Crippen LogP contribution in [0.4, 0.5) is 5.82 Å². The Morgan fingerprint density at radius 2 is 1.88 bits per heavy atom. The Kier molecular flexibility index (Phi) is 3.13. The predicted molar refractivity (Wildman–Crippen MR) is 91.9 cm³/mol. The first-order valence-electron chi connectivity index (χ1n) is 7.38. The topological polar surface area (TPSA) is 113 Å². The van der Waals surface area contributed by atoms with Gasteiger partial charge in [0.05, 0.1) is 5.39 Å². The van der Waals surface area contributed by atoms with E-state index in [9.17, 15) is 4.79 Å². The fourth-order valence-electron chi connectivity index (χ4n) is 2.83. The number of aromatic nitrogens is 4. The van der Waals surface area contributed by atoms with Crippen LogP contribution < -0.4 is 11.5 Å². The summed E-state index contributed by atoms with van der Waals surface area (Å²) in [5, 5.41) is 7.34. The number of benzene rings is 2. The van der Waals surface area contributed by atoms with E-state index in [-0.39, 0.29) is 6.54 Å². The SMILES string of the molecule is NC(=O)Cn1nc(-c2ccc3ccccc3c2)c2c(N)ncnc21. The number of hydrogen-bond acceptors (Lipinski definition) is 5. The lowest BCUT2D eigenvalue weighted by Gasteiger charge is -2.02. The lowest BCUT2D eigenvalue weighted by atomic mass is 10.0. The standard InChI is InChI=1S/C17H14N6O/c18-13(24)8-23-17-14(16(19)20-9-21-17)15(22-23)12-6-5-10-3-1-2-4-11(10)7-12/h1-7,9H,8H2,(H2,18,24)(H2,19,20,21). The van der Waals surface area contributed by atoms with Crippen molar-refractivity contribution in [2.24, 2.45) is 5.73 Å². The van der Waals surface area contributed by atoms with E-state index in [0.717, 1.165) is 16.3 Å². The van der Waals surface area contributed by atoms with E-state index in [0.29, 0.717) is 22.5 Å². The van der Waals surface area contributed by atoms with E-state index in [1.807, 2.05) is 42.5 Å². The average molecular weight is 318 g/mol. The second-order valence-electron chi connectivity index (χ2n) is 5.49. The molecular weight excluding hydrogens is 304 g/mol. The molecule has 0 aliphatic carbocycles. The Morgan fingerprint density at radius 3 is 2.67 bits per heavy atom. The first-order valence-corrected chi connectivity index (χ1v) is 7.38. The van der Waals surface area contributed by atoms with E-state index in [2.05, 4.69) is 15.1 Å². The lowest BCUT2D eigenvalue weighted by Crippen LogP contribution is -2.19. The molecule has 0 saturated carbocycles. The van der Waals surface area contributed by atoms with Gasteiger partial charge in [0.1, 0.15) is 24.4 Å². The summed E-state index contributed by atoms with van der Waals surface area (Å²) in [4.78, 5) is 19.6. The van der Waals surface area contributed by atoms with Gasteiger partial charge in [0.2, 0.25) is 5.91 Å². The third-order valence-electron chi connectivity index (χ3n) is 3.89. The number of nitrogen functional groups attached to an aromatic ring is 1. The molecule has 0 aliphatic heterocycles. The van der Waals surface area contributed by atoms with E-state index in [1.165, 1.54) is 11.0 Å². The Balaban J connectivity index is 1.99. The number of nitrogens with two attached hydrogens (primary N) is 2. The summed E-state index contributed by atoms with van der Waals surface area (Å²) in [6, 6.07) is 14.0. The fourth-order valence-corrected chi connectivity index (χ4v) is 2.83. The summed E-state index contributed by atoms with van der Waals surface area (Å²) in [5.74, 6) is -0.180. The van der Waals surface area contributed by atoms with Gasteiger partial charge in [0, 0.05) is 5.56 Å². The number of anilines is 1. The minimum absolute atomic E-state index is 0.0689. The van der Waals surface area contributed by atoms with Crippen LogP contribution in [0.5, 0.6) is 0 Å². The van der Waals surface area contributed by atoms with Crippen molar-refractivity contribution in [2.45, 2.75) is 6.54 Å². The van der Waals surface area contributed by atoms with E-state index < -0.39 is 5.91 Å². The van der Waals surface area contributed by atoms with Gasteiger partial charge in [-0.2, -0.15) is 5.10 Å². The first-order chi connectivity index (χ1) is 11.6. The minimum atomic E-state index is -0.498. The normalized spacial score (nSPS) is 11.2. The van der Waals surface area contributed by atoms with Crippen LogP contribution in [0.1, 0.15) is 0 Å². The molecule has 0 saturated heterocycles. The van der Waals surface area contributed by atoms with Gasteiger partial charge < -0.3 is 11.5 Å². The highest BCUT2D eigenvalue weighted by atomic mass is 16.1. The van der Waals surface area contributed by atoms with Gasteiger partial charge in [-0.15, -0.1) is 0 Å². The zero-order chi connectivity index (χ0) is 16.7. The Bertz CT molecular complexity index is 1090. The fraction of sp³-hybridized carbons (Fsp3) is 0.0588. The van der Waals surface area contributed by atoms with Gasteiger partial charge in [-0.05, 0) is 16.8 Å². The number of amides is 1. The Morgan fingerprint density at radius 1 is 1.08 bits per heavy atom. The molecule has 0 bridgehead atoms. The van der Waals surface area contributed by atoms with Gasteiger partial charge in [-0.3, -0.25) is 4.79 Å². The molecule has 1 amide bonds. The summed E-state index contributed by atoms with van der Waals surface area (Å²) in [6.07, 6.45) is 1.35. The third kappa shape index (κ3) is 2.23. The number of hydrogen-bond donors (Lipinski definition) is 2. The van der Waals surface area contributed by atoms with Gasteiger partial charge >= 0.3 is 0 Å². The van der Waals surface area contributed by atoms with Crippen molar-refractivity contribution in [3.8, 4) is 11.3 Å². The smallest absolute Gasteiger partial charge is 0.239 e. The number of carbonyl (C=O) groups excluding carboxylic acids is 1. The molecule has 0 radical (unpaired) electrons. The number of fused-ring (bicyclic) bond motifs is 2. The molecule has 7 nitrogen and oxygen atoms in total. The second-order valence-corrected chi connectivity index (χ2v) is 5.49. The first kappa shape index (κ1) is 14.1. The highest BCUT2D eigenvalue weighted by Crippen LogP contribution is 2.31. The molecule has 4 aromatic rings. The van der Waals surface area contributed by atoms with Crippen LogP contribution in [0.15, 0.2) is 48.8 Å². The summed E-state index contributed by atoms with van der Waals surface area (Å²) in [5.41, 5.74) is 13.3. The summed E-state index contributed by atoms with van der Waals surface area (Å²) < 4.78 is 1.46. The molecule has 0 aliphatic rings. The quantitative estimate of drug-likeness (QED) is 0.597. The molecule has 0 atom stereocenters. The van der Waals surface area contributed by atoms with Crippen molar-refractivity contribution in [3.63, 3.8) is 0 Å². The Hall–Kier alpha value is -3.48. The van der Waals surface area contributed by atoms with Crippen molar-refractivity contribution in [3.05, 3.63) is 48.8 Å². The molecule has 4 rings (SSSR count). The van der Waals surface area contributed by atoms with Crippen molar-refractivity contribution >= 4 is 33.5 Å². The molecular formula is C17H14N6O. The molecule has 2 aromatic heterocycles. The third-order valence-corrected chi connectivity index (χ3v) is 3.89. The highest BCUT2D eigenvalue weighted by molar-refractivity contribution is 6.00. The molecule has 0 spiro atoms. The number of rotatable bonds is 3. The summed E-state index contributed by atoms with van der Waals surface area (Å²) in [6.45, 7) is -0.0689. The number of nitrogens with zero attached hydrogens (tertiary/aromatic N) is 4. The molecule has 4 N–H and O–H groups in total. The van der Waals surface area contributed by atoms with E-state index in [4.69, 9.17) is 11.5 Å². The van der Waals surface area contributed by atoms with Crippen molar-refractivity contribution < 1.29 is 4.79 Å². The largest absolute Gasteiger partial charge is 0.383 e.